The average molecular weight is 674 g/mol. The van der Waals surface area contributed by atoms with Crippen molar-refractivity contribution in [2.24, 2.45) is 0 Å². The standard InChI is InChI=1S/C34H29F6N3O5/c1-21-18-26(47-33(35,36)37)20-27(30(21)22-8-3-2-4-9-22)31(44)41-23-10-7-11-25(19-23)46-24-14-16-43(17-15-24)32(45)42-28-12-5-6-13-29(28)48-34(38,39)40/h2-13,18-20,24H,14-17H2,1H3,(H,41,44)(H,42,45). The monoisotopic (exact) mass is 673 g/mol. The molecule has 0 spiro atoms. The lowest BCUT2D eigenvalue weighted by molar-refractivity contribution is -0.275. The fraction of sp³-hybridized carbons (Fsp3) is 0.235. The molecule has 14 heteroatoms. The van der Waals surface area contributed by atoms with Crippen LogP contribution in [-0.2, 0) is 0 Å². The van der Waals surface area contributed by atoms with Gasteiger partial charge in [-0.25, -0.2) is 4.79 Å². The number of alkyl halides is 6. The Morgan fingerprint density at radius 1 is 0.750 bits per heavy atom. The second-order valence-electron chi connectivity index (χ2n) is 10.8. The summed E-state index contributed by atoms with van der Waals surface area (Å²) >= 11 is 0. The van der Waals surface area contributed by atoms with Gasteiger partial charge in [-0.1, -0.05) is 48.5 Å². The van der Waals surface area contributed by atoms with E-state index in [0.29, 0.717) is 41.0 Å². The maximum absolute atomic E-state index is 13.5. The van der Waals surface area contributed by atoms with Gasteiger partial charge in [-0.2, -0.15) is 0 Å². The van der Waals surface area contributed by atoms with Gasteiger partial charge in [-0.15, -0.1) is 26.3 Å². The second-order valence-corrected chi connectivity index (χ2v) is 10.8. The summed E-state index contributed by atoms with van der Waals surface area (Å²) < 4.78 is 91.5. The topological polar surface area (TPSA) is 89.1 Å². The molecule has 1 heterocycles. The molecule has 0 bridgehead atoms. The first-order valence-electron chi connectivity index (χ1n) is 14.7. The molecule has 1 saturated heterocycles. The molecule has 1 aliphatic rings. The summed E-state index contributed by atoms with van der Waals surface area (Å²) in [7, 11) is 0. The van der Waals surface area contributed by atoms with Gasteiger partial charge in [0.15, 0.2) is 5.75 Å². The van der Waals surface area contributed by atoms with Crippen LogP contribution in [0.1, 0.15) is 28.8 Å². The molecular formula is C34H29F6N3O5. The maximum Gasteiger partial charge on any atom is 0.573 e. The molecule has 252 valence electrons. The third-order valence-electron chi connectivity index (χ3n) is 7.33. The van der Waals surface area contributed by atoms with E-state index in [1.807, 2.05) is 0 Å². The molecule has 0 unspecified atom stereocenters. The van der Waals surface area contributed by atoms with Gasteiger partial charge in [-0.05, 0) is 60.0 Å². The summed E-state index contributed by atoms with van der Waals surface area (Å²) in [6, 6.07) is 22.2. The van der Waals surface area contributed by atoms with Gasteiger partial charge in [0.25, 0.3) is 5.91 Å². The van der Waals surface area contributed by atoms with E-state index < -0.39 is 36.2 Å². The normalized spacial score (nSPS) is 13.9. The Labute approximate surface area is 271 Å². The van der Waals surface area contributed by atoms with Gasteiger partial charge < -0.3 is 29.7 Å². The second kappa shape index (κ2) is 14.2. The van der Waals surface area contributed by atoms with Crippen LogP contribution in [0.5, 0.6) is 17.2 Å². The van der Waals surface area contributed by atoms with E-state index in [1.54, 1.807) is 61.5 Å². The Bertz CT molecular complexity index is 1760. The van der Waals surface area contributed by atoms with Gasteiger partial charge in [0, 0.05) is 37.7 Å². The van der Waals surface area contributed by atoms with E-state index in [0.717, 1.165) is 12.1 Å². The molecule has 0 aromatic heterocycles. The highest BCUT2D eigenvalue weighted by molar-refractivity contribution is 6.09. The number of nitrogens with one attached hydrogen (secondary N) is 2. The number of amides is 3. The van der Waals surface area contributed by atoms with Crippen molar-refractivity contribution >= 4 is 23.3 Å². The zero-order valence-electron chi connectivity index (χ0n) is 25.3. The van der Waals surface area contributed by atoms with Crippen LogP contribution in [0.15, 0.2) is 91.0 Å². The number of carbonyl (C=O) groups is 2. The van der Waals surface area contributed by atoms with Crippen LogP contribution in [0, 0.1) is 6.92 Å². The van der Waals surface area contributed by atoms with Gasteiger partial charge >= 0.3 is 18.8 Å². The Morgan fingerprint density at radius 2 is 1.42 bits per heavy atom. The summed E-state index contributed by atoms with van der Waals surface area (Å²) in [5.74, 6) is -1.32. The molecule has 0 saturated carbocycles. The summed E-state index contributed by atoms with van der Waals surface area (Å²) in [5, 5.41) is 5.19. The number of aryl methyl sites for hydroxylation is 1. The number of nitrogens with zero attached hydrogens (tertiary/aromatic N) is 1. The largest absolute Gasteiger partial charge is 0.573 e. The molecule has 4 aromatic rings. The number of ether oxygens (including phenoxy) is 3. The van der Waals surface area contributed by atoms with Crippen LogP contribution in [0.3, 0.4) is 0 Å². The molecule has 0 aliphatic carbocycles. The smallest absolute Gasteiger partial charge is 0.490 e. The first-order chi connectivity index (χ1) is 22.7. The molecule has 5 rings (SSSR count). The molecule has 8 nitrogen and oxygen atoms in total. The molecule has 0 atom stereocenters. The van der Waals surface area contributed by atoms with Gasteiger partial charge in [0.05, 0.1) is 11.3 Å². The molecule has 4 aromatic carbocycles. The van der Waals surface area contributed by atoms with E-state index in [1.165, 1.54) is 29.2 Å². The first kappa shape index (κ1) is 33.9. The Morgan fingerprint density at radius 3 is 2.10 bits per heavy atom. The lowest BCUT2D eigenvalue weighted by atomic mass is 9.94. The van der Waals surface area contributed by atoms with Crippen molar-refractivity contribution in [3.8, 4) is 28.4 Å². The number of hydrogen-bond acceptors (Lipinski definition) is 5. The zero-order valence-corrected chi connectivity index (χ0v) is 25.3. The van der Waals surface area contributed by atoms with Gasteiger partial charge in [0.2, 0.25) is 0 Å². The fourth-order valence-corrected chi connectivity index (χ4v) is 5.31. The van der Waals surface area contributed by atoms with Crippen LogP contribution in [-0.4, -0.2) is 48.8 Å². The molecule has 2 N–H and O–H groups in total. The first-order valence-corrected chi connectivity index (χ1v) is 14.7. The number of urea groups is 1. The van der Waals surface area contributed by atoms with E-state index in [4.69, 9.17) is 4.74 Å². The Kier molecular flexibility index (Phi) is 10.0. The highest BCUT2D eigenvalue weighted by atomic mass is 19.4. The number of carbonyl (C=O) groups excluding carboxylic acids is 2. The number of rotatable bonds is 8. The van der Waals surface area contributed by atoms with Crippen molar-refractivity contribution < 1.29 is 50.1 Å². The summed E-state index contributed by atoms with van der Waals surface area (Å²) in [6.45, 7) is 2.10. The van der Waals surface area contributed by atoms with Crippen molar-refractivity contribution in [3.05, 3.63) is 102 Å². The van der Waals surface area contributed by atoms with Gasteiger partial charge in [0.1, 0.15) is 17.6 Å². The van der Waals surface area contributed by atoms with Crippen molar-refractivity contribution in [1.29, 1.82) is 0 Å². The van der Waals surface area contributed by atoms with E-state index in [2.05, 4.69) is 20.1 Å². The molecular weight excluding hydrogens is 644 g/mol. The summed E-state index contributed by atoms with van der Waals surface area (Å²) in [4.78, 5) is 27.7. The SMILES string of the molecule is Cc1cc(OC(F)(F)F)cc(C(=O)Nc2cccc(OC3CCN(C(=O)Nc4ccccc4OC(F)(F)F)CC3)c2)c1-c1ccccc1. The number of likely N-dealkylation sites (tertiary alicyclic amines) is 1. The minimum absolute atomic E-state index is 0.0231. The molecule has 1 aliphatic heterocycles. The Hall–Kier alpha value is -5.40. The van der Waals surface area contributed by atoms with Gasteiger partial charge in [-0.3, -0.25) is 4.79 Å². The van der Waals surface area contributed by atoms with Crippen molar-refractivity contribution in [1.82, 2.24) is 4.90 Å². The molecule has 48 heavy (non-hydrogen) atoms. The molecule has 0 radical (unpaired) electrons. The minimum atomic E-state index is -4.95. The fourth-order valence-electron chi connectivity index (χ4n) is 5.31. The third kappa shape index (κ3) is 9.11. The minimum Gasteiger partial charge on any atom is -0.490 e. The number of halogens is 6. The third-order valence-corrected chi connectivity index (χ3v) is 7.33. The number of hydrogen-bond donors (Lipinski definition) is 2. The summed E-state index contributed by atoms with van der Waals surface area (Å²) in [6.07, 6.45) is -9.36. The number of anilines is 2. The lowest BCUT2D eigenvalue weighted by Crippen LogP contribution is -2.43. The van der Waals surface area contributed by atoms with Crippen molar-refractivity contribution in [3.63, 3.8) is 0 Å². The van der Waals surface area contributed by atoms with Crippen LogP contribution in [0.4, 0.5) is 42.5 Å². The van der Waals surface area contributed by atoms with Crippen molar-refractivity contribution in [2.45, 2.75) is 38.6 Å². The number of piperidine rings is 1. The average Bonchev–Trinajstić information content (AvgIpc) is 3.01. The number of para-hydroxylation sites is 2. The van der Waals surface area contributed by atoms with Crippen LogP contribution in [0.2, 0.25) is 0 Å². The molecule has 3 amide bonds. The maximum atomic E-state index is 13.5. The van der Waals surface area contributed by atoms with Crippen LogP contribution in [0.25, 0.3) is 11.1 Å². The predicted molar refractivity (Wildman–Crippen MR) is 165 cm³/mol. The predicted octanol–water partition coefficient (Wildman–Crippen LogP) is 8.79. The molecule has 1 fully saturated rings. The number of benzene rings is 4. The Balaban J connectivity index is 1.23. The lowest BCUT2D eigenvalue weighted by Gasteiger charge is -2.32. The quantitative estimate of drug-likeness (QED) is 0.183. The van der Waals surface area contributed by atoms with E-state index >= 15 is 0 Å². The van der Waals surface area contributed by atoms with Crippen molar-refractivity contribution in [2.75, 3.05) is 23.7 Å². The van der Waals surface area contributed by atoms with E-state index in [9.17, 15) is 35.9 Å². The summed E-state index contributed by atoms with van der Waals surface area (Å²) in [5.41, 5.74) is 1.67. The van der Waals surface area contributed by atoms with Crippen LogP contribution < -0.4 is 24.8 Å². The van der Waals surface area contributed by atoms with E-state index in [-0.39, 0.29) is 30.4 Å². The highest BCUT2D eigenvalue weighted by Crippen LogP contribution is 2.35. The highest BCUT2D eigenvalue weighted by Gasteiger charge is 2.33. The van der Waals surface area contributed by atoms with Crippen LogP contribution >= 0.6 is 0 Å². The zero-order chi connectivity index (χ0) is 34.5.